The lowest BCUT2D eigenvalue weighted by Gasteiger charge is -2.12. The quantitative estimate of drug-likeness (QED) is 0.105. The van der Waals surface area contributed by atoms with Crippen LogP contribution in [0.3, 0.4) is 0 Å². The summed E-state index contributed by atoms with van der Waals surface area (Å²) in [6, 6.07) is 0. The van der Waals surface area contributed by atoms with E-state index in [2.05, 4.69) is 24.8 Å². The Morgan fingerprint density at radius 1 is 0.467 bits per heavy atom. The molecule has 0 aromatic rings. The highest BCUT2D eigenvalue weighted by Gasteiger charge is 1.97. The summed E-state index contributed by atoms with van der Waals surface area (Å²) in [4.78, 5) is 2.25. The third kappa shape index (κ3) is 25.6. The zero-order valence-electron chi connectivity index (χ0n) is 21.2. The Hall–Kier alpha value is -0.480. The summed E-state index contributed by atoms with van der Waals surface area (Å²) in [5, 5.41) is 0. The van der Waals surface area contributed by atoms with E-state index in [1.165, 1.54) is 148 Å². The molecular formula is C29H57N. The van der Waals surface area contributed by atoms with Gasteiger partial charge in [0.25, 0.3) is 0 Å². The van der Waals surface area contributed by atoms with Crippen molar-refractivity contribution in [1.82, 2.24) is 4.90 Å². The molecule has 0 aromatic heterocycles. The fourth-order valence-electron chi connectivity index (χ4n) is 4.40. The molecule has 0 amide bonds. The minimum absolute atomic E-state index is 0.791. The maximum atomic E-state index is 5.33. The molecule has 0 rings (SSSR count). The van der Waals surface area contributed by atoms with Gasteiger partial charge in [-0.2, -0.15) is 0 Å². The fraction of sp³-hybridized carbons (Fsp3) is 0.931. The largest absolute Gasteiger partial charge is 0.295 e. The van der Waals surface area contributed by atoms with E-state index in [0.717, 1.165) is 13.1 Å². The average molecular weight is 420 g/mol. The maximum Gasteiger partial charge on any atom is 0.0596 e. The average Bonchev–Trinajstić information content (AvgIpc) is 2.74. The van der Waals surface area contributed by atoms with E-state index in [9.17, 15) is 0 Å². The van der Waals surface area contributed by atoms with E-state index in [1.54, 1.807) is 0 Å². The van der Waals surface area contributed by atoms with Crippen molar-refractivity contribution in [2.75, 3.05) is 20.1 Å². The van der Waals surface area contributed by atoms with Gasteiger partial charge in [0.2, 0.25) is 0 Å². The first kappa shape index (κ1) is 29.5. The highest BCUT2D eigenvalue weighted by atomic mass is 15.1. The van der Waals surface area contributed by atoms with Gasteiger partial charge in [0, 0.05) is 0 Å². The van der Waals surface area contributed by atoms with Crippen LogP contribution in [0.25, 0.3) is 0 Å². The number of nitrogens with zero attached hydrogens (tertiary/aromatic N) is 1. The van der Waals surface area contributed by atoms with Crippen LogP contribution in [0.5, 0.6) is 0 Å². The molecule has 0 radical (unpaired) electrons. The molecule has 0 fully saturated rings. The number of unbranched alkanes of at least 4 members (excludes halogenated alkanes) is 22. The smallest absolute Gasteiger partial charge is 0.0596 e. The van der Waals surface area contributed by atoms with Gasteiger partial charge in [0.1, 0.15) is 0 Å². The van der Waals surface area contributed by atoms with Gasteiger partial charge >= 0.3 is 0 Å². The minimum atomic E-state index is 0.791. The van der Waals surface area contributed by atoms with Crippen LogP contribution < -0.4 is 0 Å². The summed E-state index contributed by atoms with van der Waals surface area (Å²) in [5.41, 5.74) is 0. The Kier molecular flexibility index (Phi) is 26.1. The van der Waals surface area contributed by atoms with Crippen molar-refractivity contribution in [3.8, 4) is 12.3 Å². The van der Waals surface area contributed by atoms with Gasteiger partial charge in [0.15, 0.2) is 0 Å². The molecule has 0 unspecified atom stereocenters. The van der Waals surface area contributed by atoms with Gasteiger partial charge in [0.05, 0.1) is 6.54 Å². The molecule has 0 aliphatic heterocycles. The third-order valence-corrected chi connectivity index (χ3v) is 6.50. The zero-order chi connectivity index (χ0) is 22.0. The normalized spacial score (nSPS) is 11.3. The molecule has 0 aliphatic rings. The van der Waals surface area contributed by atoms with Crippen LogP contribution in [0.15, 0.2) is 0 Å². The summed E-state index contributed by atoms with van der Waals surface area (Å²) >= 11 is 0. The highest BCUT2D eigenvalue weighted by molar-refractivity contribution is 4.86. The van der Waals surface area contributed by atoms with E-state index in [-0.39, 0.29) is 0 Å². The van der Waals surface area contributed by atoms with Gasteiger partial charge in [-0.05, 0) is 20.0 Å². The van der Waals surface area contributed by atoms with Crippen molar-refractivity contribution in [3.63, 3.8) is 0 Å². The van der Waals surface area contributed by atoms with Crippen molar-refractivity contribution in [2.24, 2.45) is 0 Å². The van der Waals surface area contributed by atoms with Gasteiger partial charge in [-0.1, -0.05) is 154 Å². The predicted octanol–water partition coefficient (Wildman–Crippen LogP) is 9.54. The van der Waals surface area contributed by atoms with Crippen LogP contribution in [0, 0.1) is 12.3 Å². The van der Waals surface area contributed by atoms with Crippen molar-refractivity contribution in [1.29, 1.82) is 0 Å². The Morgan fingerprint density at radius 2 is 0.733 bits per heavy atom. The van der Waals surface area contributed by atoms with Crippen molar-refractivity contribution in [2.45, 2.75) is 155 Å². The molecule has 0 saturated carbocycles. The predicted molar refractivity (Wildman–Crippen MR) is 138 cm³/mol. The molecule has 0 aliphatic carbocycles. The van der Waals surface area contributed by atoms with Gasteiger partial charge in [-0.3, -0.25) is 4.90 Å². The monoisotopic (exact) mass is 419 g/mol. The van der Waals surface area contributed by atoms with Crippen LogP contribution in [-0.2, 0) is 0 Å². The van der Waals surface area contributed by atoms with Crippen molar-refractivity contribution < 1.29 is 0 Å². The van der Waals surface area contributed by atoms with Crippen LogP contribution in [-0.4, -0.2) is 25.0 Å². The Labute approximate surface area is 192 Å². The first-order valence-electron chi connectivity index (χ1n) is 13.9. The summed E-state index contributed by atoms with van der Waals surface area (Å²) in [5.74, 6) is 2.71. The molecule has 0 saturated heterocycles. The van der Waals surface area contributed by atoms with Crippen LogP contribution >= 0.6 is 0 Å². The minimum Gasteiger partial charge on any atom is -0.295 e. The van der Waals surface area contributed by atoms with E-state index >= 15 is 0 Å². The lowest BCUT2D eigenvalue weighted by molar-refractivity contribution is 0.361. The first-order valence-corrected chi connectivity index (χ1v) is 13.9. The van der Waals surface area contributed by atoms with Crippen LogP contribution in [0.4, 0.5) is 0 Å². The summed E-state index contributed by atoms with van der Waals surface area (Å²) < 4.78 is 0. The first-order chi connectivity index (χ1) is 14.8. The van der Waals surface area contributed by atoms with E-state index in [4.69, 9.17) is 6.42 Å². The molecule has 0 spiro atoms. The molecule has 1 heteroatoms. The number of hydrogen-bond donors (Lipinski definition) is 0. The molecule has 30 heavy (non-hydrogen) atoms. The van der Waals surface area contributed by atoms with Gasteiger partial charge in [-0.15, -0.1) is 6.42 Å². The fourth-order valence-corrected chi connectivity index (χ4v) is 4.40. The molecule has 0 heterocycles. The second-order valence-corrected chi connectivity index (χ2v) is 9.72. The maximum absolute atomic E-state index is 5.33. The standard InChI is InChI=1S/C29H57N/c1-4-6-7-8-9-10-11-12-13-14-15-16-17-18-19-20-21-22-23-24-25-26-27-29-30(3)28-5-2/h2H,4,6-29H2,1,3H3. The molecule has 0 aromatic carbocycles. The highest BCUT2D eigenvalue weighted by Crippen LogP contribution is 2.15. The van der Waals surface area contributed by atoms with Crippen molar-refractivity contribution >= 4 is 0 Å². The zero-order valence-corrected chi connectivity index (χ0v) is 21.2. The van der Waals surface area contributed by atoms with Gasteiger partial charge < -0.3 is 0 Å². The summed E-state index contributed by atoms with van der Waals surface area (Å²) in [7, 11) is 2.12. The topological polar surface area (TPSA) is 3.24 Å². The van der Waals surface area contributed by atoms with Crippen molar-refractivity contribution in [3.05, 3.63) is 0 Å². The second-order valence-electron chi connectivity index (χ2n) is 9.72. The molecule has 0 bridgehead atoms. The lowest BCUT2D eigenvalue weighted by atomic mass is 10.0. The van der Waals surface area contributed by atoms with E-state index in [0.29, 0.717) is 0 Å². The Balaban J connectivity index is 3.03. The van der Waals surface area contributed by atoms with Crippen LogP contribution in [0.1, 0.15) is 155 Å². The van der Waals surface area contributed by atoms with E-state index in [1.807, 2.05) is 0 Å². The molecular weight excluding hydrogens is 362 g/mol. The third-order valence-electron chi connectivity index (χ3n) is 6.50. The lowest BCUT2D eigenvalue weighted by Crippen LogP contribution is -2.19. The van der Waals surface area contributed by atoms with Crippen LogP contribution in [0.2, 0.25) is 0 Å². The summed E-state index contributed by atoms with van der Waals surface area (Å²) in [6.45, 7) is 4.25. The Bertz CT molecular complexity index is 343. The van der Waals surface area contributed by atoms with E-state index < -0.39 is 0 Å². The molecule has 1 nitrogen and oxygen atoms in total. The molecule has 178 valence electrons. The number of rotatable bonds is 25. The summed E-state index contributed by atoms with van der Waals surface area (Å²) in [6.07, 6.45) is 38.7. The molecule has 0 atom stereocenters. The number of hydrogen-bond acceptors (Lipinski definition) is 1. The van der Waals surface area contributed by atoms with Gasteiger partial charge in [-0.25, -0.2) is 0 Å². The molecule has 0 N–H and O–H groups in total. The Morgan fingerprint density at radius 3 is 1.00 bits per heavy atom. The number of terminal acetylenes is 1. The second kappa shape index (κ2) is 26.6. The SMILES string of the molecule is C#CCN(C)CCCCCCCCCCCCCCCCCCCCCCCCC.